The van der Waals surface area contributed by atoms with Crippen LogP contribution in [0.25, 0.3) is 27.7 Å². The molecule has 0 spiro atoms. The Morgan fingerprint density at radius 2 is 2.07 bits per heavy atom. The molecular weight excluding hydrogens is 354 g/mol. The van der Waals surface area contributed by atoms with Crippen LogP contribution >= 0.6 is 0 Å². The molecule has 144 valence electrons. The van der Waals surface area contributed by atoms with Crippen molar-refractivity contribution in [2.75, 3.05) is 31.2 Å². The SMILES string of the molecule is Cc1nn(C)cc1-c1cc(N2CCOCC2)nc2c(/C(N)=C/C=N)nccc12. The van der Waals surface area contributed by atoms with Gasteiger partial charge in [-0.3, -0.25) is 9.67 Å². The lowest BCUT2D eigenvalue weighted by Crippen LogP contribution is -2.36. The van der Waals surface area contributed by atoms with Gasteiger partial charge >= 0.3 is 0 Å². The molecule has 4 rings (SSSR count). The van der Waals surface area contributed by atoms with E-state index >= 15 is 0 Å². The van der Waals surface area contributed by atoms with E-state index in [9.17, 15) is 0 Å². The van der Waals surface area contributed by atoms with Gasteiger partial charge in [-0.25, -0.2) is 4.98 Å². The van der Waals surface area contributed by atoms with Crippen molar-refractivity contribution in [1.82, 2.24) is 19.7 Å². The molecule has 1 saturated heterocycles. The van der Waals surface area contributed by atoms with Crippen molar-refractivity contribution in [1.29, 1.82) is 5.41 Å². The predicted molar refractivity (Wildman–Crippen MR) is 110 cm³/mol. The van der Waals surface area contributed by atoms with E-state index in [1.807, 2.05) is 30.9 Å². The Kier molecular flexibility index (Phi) is 4.79. The van der Waals surface area contributed by atoms with Crippen molar-refractivity contribution in [3.63, 3.8) is 0 Å². The van der Waals surface area contributed by atoms with Crippen molar-refractivity contribution in [3.8, 4) is 11.1 Å². The Balaban J connectivity index is 2.00. The molecule has 0 amide bonds. The third-order valence-electron chi connectivity index (χ3n) is 4.89. The second-order valence-corrected chi connectivity index (χ2v) is 6.77. The largest absolute Gasteiger partial charge is 0.397 e. The van der Waals surface area contributed by atoms with E-state index in [4.69, 9.17) is 20.9 Å². The number of hydrogen-bond acceptors (Lipinski definition) is 7. The summed E-state index contributed by atoms with van der Waals surface area (Å²) >= 11 is 0. The normalized spacial score (nSPS) is 15.2. The zero-order valence-corrected chi connectivity index (χ0v) is 16.0. The average molecular weight is 377 g/mol. The Labute approximate surface area is 163 Å². The van der Waals surface area contributed by atoms with Crippen molar-refractivity contribution < 1.29 is 4.74 Å². The van der Waals surface area contributed by atoms with Crippen LogP contribution in [0.1, 0.15) is 11.4 Å². The molecule has 1 fully saturated rings. The van der Waals surface area contributed by atoms with Crippen LogP contribution in [0.15, 0.2) is 30.6 Å². The number of pyridine rings is 2. The summed E-state index contributed by atoms with van der Waals surface area (Å²) in [6.07, 6.45) is 6.44. The summed E-state index contributed by atoms with van der Waals surface area (Å²) in [6.45, 7) is 4.92. The van der Waals surface area contributed by atoms with E-state index in [1.165, 1.54) is 6.08 Å². The van der Waals surface area contributed by atoms with Crippen LogP contribution in [-0.2, 0) is 11.8 Å². The molecular formula is C20H23N7O. The zero-order valence-electron chi connectivity index (χ0n) is 16.0. The minimum atomic E-state index is 0.418. The highest BCUT2D eigenvalue weighted by Crippen LogP contribution is 2.34. The first-order chi connectivity index (χ1) is 13.6. The molecule has 0 aliphatic carbocycles. The maximum atomic E-state index is 7.34. The van der Waals surface area contributed by atoms with Gasteiger partial charge in [0.1, 0.15) is 17.0 Å². The van der Waals surface area contributed by atoms with Crippen LogP contribution in [0.3, 0.4) is 0 Å². The number of aryl methyl sites for hydroxylation is 2. The molecule has 0 aromatic carbocycles. The molecule has 8 heteroatoms. The van der Waals surface area contributed by atoms with Crippen LogP contribution in [0.5, 0.6) is 0 Å². The molecule has 0 saturated carbocycles. The number of hydrogen-bond donors (Lipinski definition) is 2. The van der Waals surface area contributed by atoms with Crippen LogP contribution in [0.2, 0.25) is 0 Å². The van der Waals surface area contributed by atoms with Gasteiger partial charge in [-0.2, -0.15) is 5.10 Å². The van der Waals surface area contributed by atoms with Gasteiger partial charge < -0.3 is 20.8 Å². The third-order valence-corrected chi connectivity index (χ3v) is 4.89. The minimum Gasteiger partial charge on any atom is -0.397 e. The summed E-state index contributed by atoms with van der Waals surface area (Å²) in [5.41, 5.74) is 10.9. The monoisotopic (exact) mass is 377 g/mol. The number of morpholine rings is 1. The van der Waals surface area contributed by atoms with Gasteiger partial charge in [0.2, 0.25) is 0 Å². The lowest BCUT2D eigenvalue weighted by Gasteiger charge is -2.28. The summed E-state index contributed by atoms with van der Waals surface area (Å²) in [7, 11) is 1.92. The van der Waals surface area contributed by atoms with Crippen molar-refractivity contribution in [2.45, 2.75) is 6.92 Å². The number of ether oxygens (including phenoxy) is 1. The minimum absolute atomic E-state index is 0.418. The van der Waals surface area contributed by atoms with Crippen molar-refractivity contribution >= 4 is 28.6 Å². The molecule has 0 atom stereocenters. The average Bonchev–Trinajstić information content (AvgIpc) is 3.05. The number of nitrogens with one attached hydrogen (secondary N) is 1. The van der Waals surface area contributed by atoms with Gasteiger partial charge in [0.25, 0.3) is 0 Å². The first-order valence-electron chi connectivity index (χ1n) is 9.18. The molecule has 0 radical (unpaired) electrons. The van der Waals surface area contributed by atoms with E-state index in [0.29, 0.717) is 24.6 Å². The zero-order chi connectivity index (χ0) is 19.7. The van der Waals surface area contributed by atoms with Gasteiger partial charge in [-0.05, 0) is 30.7 Å². The van der Waals surface area contributed by atoms with E-state index in [1.54, 1.807) is 6.20 Å². The Bertz CT molecular complexity index is 1060. The number of fused-ring (bicyclic) bond motifs is 1. The van der Waals surface area contributed by atoms with Gasteiger partial charge in [-0.1, -0.05) is 0 Å². The molecule has 1 aliphatic rings. The molecule has 3 N–H and O–H groups in total. The van der Waals surface area contributed by atoms with Gasteiger partial charge in [0, 0.05) is 49.7 Å². The standard InChI is InChI=1S/C20H23N7O/c1-13-16(12-26(2)25-13)15-11-18(27-7-9-28-10-8-27)24-19-14(15)4-6-23-20(19)17(22)3-5-21/h3-6,11-12,21H,7-10,22H2,1-2H3/b17-3-,21-5?. The highest BCUT2D eigenvalue weighted by Gasteiger charge is 2.20. The summed E-state index contributed by atoms with van der Waals surface area (Å²) in [4.78, 5) is 11.6. The third kappa shape index (κ3) is 3.22. The maximum Gasteiger partial charge on any atom is 0.130 e. The lowest BCUT2D eigenvalue weighted by molar-refractivity contribution is 0.122. The number of nitrogens with zero attached hydrogens (tertiary/aromatic N) is 5. The highest BCUT2D eigenvalue weighted by molar-refractivity contribution is 6.01. The summed E-state index contributed by atoms with van der Waals surface area (Å²) < 4.78 is 7.31. The smallest absolute Gasteiger partial charge is 0.130 e. The lowest BCUT2D eigenvalue weighted by atomic mass is 10.0. The molecule has 0 bridgehead atoms. The van der Waals surface area contributed by atoms with E-state index in [0.717, 1.165) is 52.8 Å². The predicted octanol–water partition coefficient (Wildman–Crippen LogP) is 2.12. The number of rotatable bonds is 4. The molecule has 28 heavy (non-hydrogen) atoms. The molecule has 3 aromatic heterocycles. The second-order valence-electron chi connectivity index (χ2n) is 6.77. The first kappa shape index (κ1) is 18.1. The first-order valence-corrected chi connectivity index (χ1v) is 9.18. The number of nitrogens with two attached hydrogens (primary N) is 1. The van der Waals surface area contributed by atoms with Crippen LogP contribution in [0, 0.1) is 12.3 Å². The Hall–Kier alpha value is -3.26. The summed E-state index contributed by atoms with van der Waals surface area (Å²) in [5.74, 6) is 0.867. The number of anilines is 1. The summed E-state index contributed by atoms with van der Waals surface area (Å²) in [6, 6.07) is 4.06. The molecule has 4 heterocycles. The topological polar surface area (TPSA) is 106 Å². The molecule has 0 unspecified atom stereocenters. The second kappa shape index (κ2) is 7.40. The molecule has 1 aliphatic heterocycles. The van der Waals surface area contributed by atoms with E-state index < -0.39 is 0 Å². The fraction of sp³-hybridized carbons (Fsp3) is 0.300. The fourth-order valence-electron chi connectivity index (χ4n) is 3.56. The summed E-state index contributed by atoms with van der Waals surface area (Å²) in [5, 5.41) is 12.8. The number of allylic oxidation sites excluding steroid dienone is 1. The van der Waals surface area contributed by atoms with Gasteiger partial charge in [-0.15, -0.1) is 0 Å². The van der Waals surface area contributed by atoms with Crippen LogP contribution < -0.4 is 10.6 Å². The van der Waals surface area contributed by atoms with E-state index in [2.05, 4.69) is 21.0 Å². The quantitative estimate of drug-likeness (QED) is 0.675. The highest BCUT2D eigenvalue weighted by atomic mass is 16.5. The Morgan fingerprint density at radius 1 is 1.29 bits per heavy atom. The number of aromatic nitrogens is 4. The van der Waals surface area contributed by atoms with Gasteiger partial charge in [0.05, 0.1) is 24.6 Å². The van der Waals surface area contributed by atoms with Gasteiger partial charge in [0.15, 0.2) is 0 Å². The molecule has 3 aromatic rings. The van der Waals surface area contributed by atoms with E-state index in [-0.39, 0.29) is 0 Å². The van der Waals surface area contributed by atoms with Crippen LogP contribution in [0.4, 0.5) is 5.82 Å². The van der Waals surface area contributed by atoms with Crippen LogP contribution in [-0.4, -0.2) is 52.3 Å². The fourth-order valence-corrected chi connectivity index (χ4v) is 3.56. The van der Waals surface area contributed by atoms with Crippen molar-refractivity contribution in [2.24, 2.45) is 12.8 Å². The maximum absolute atomic E-state index is 7.34. The molecule has 8 nitrogen and oxygen atoms in total. The Morgan fingerprint density at radius 3 is 2.75 bits per heavy atom. The van der Waals surface area contributed by atoms with Crippen molar-refractivity contribution in [3.05, 3.63) is 42.0 Å².